The minimum Gasteiger partial charge on any atom is -0.480 e. The molecule has 0 fully saturated rings. The molecule has 0 unspecified atom stereocenters. The summed E-state index contributed by atoms with van der Waals surface area (Å²) in [5.41, 5.74) is 0.604. The maximum Gasteiger partial charge on any atom is 0.319 e. The van der Waals surface area contributed by atoms with Crippen molar-refractivity contribution in [2.75, 3.05) is 0 Å². The minimum atomic E-state index is -0.985. The van der Waals surface area contributed by atoms with Gasteiger partial charge in [0.1, 0.15) is 4.75 Å². The third-order valence-electron chi connectivity index (χ3n) is 2.73. The zero-order valence-electron chi connectivity index (χ0n) is 10.9. The largest absolute Gasteiger partial charge is 0.480 e. The summed E-state index contributed by atoms with van der Waals surface area (Å²) in [7, 11) is 0. The summed E-state index contributed by atoms with van der Waals surface area (Å²) in [6.45, 7) is 3.20. The van der Waals surface area contributed by atoms with Crippen molar-refractivity contribution in [3.8, 4) is 0 Å². The number of aliphatic carboxylic acids is 1. The van der Waals surface area contributed by atoms with Gasteiger partial charge in [-0.2, -0.15) is 0 Å². The standard InChI is InChI=1S/C13H12N2O4S/c1-13(2,12(16)17)20-11-6-3-8-7-9(15(18)19)4-5-10(8)14-11/h3-7H,1-2H3,(H,16,17). The number of carbonyl (C=O) groups is 1. The lowest BCUT2D eigenvalue weighted by molar-refractivity contribution is -0.384. The van der Waals surface area contributed by atoms with Crippen molar-refractivity contribution in [1.82, 2.24) is 4.98 Å². The van der Waals surface area contributed by atoms with Crippen LogP contribution in [0, 0.1) is 10.1 Å². The molecule has 1 N–H and O–H groups in total. The van der Waals surface area contributed by atoms with E-state index in [-0.39, 0.29) is 5.69 Å². The molecule has 1 aromatic heterocycles. The molecule has 2 aromatic rings. The maximum atomic E-state index is 11.1. The van der Waals surface area contributed by atoms with Crippen molar-refractivity contribution in [1.29, 1.82) is 0 Å². The minimum absolute atomic E-state index is 0.00516. The van der Waals surface area contributed by atoms with Crippen molar-refractivity contribution in [3.63, 3.8) is 0 Å². The van der Waals surface area contributed by atoms with E-state index in [0.717, 1.165) is 11.8 Å². The molecule has 0 spiro atoms. The molecule has 0 atom stereocenters. The number of carboxylic acids is 1. The summed E-state index contributed by atoms with van der Waals surface area (Å²) in [5, 5.41) is 21.0. The molecule has 0 saturated carbocycles. The number of benzene rings is 1. The van der Waals surface area contributed by atoms with E-state index in [9.17, 15) is 14.9 Å². The number of aromatic nitrogens is 1. The molecule has 104 valence electrons. The number of nitrogens with zero attached hydrogens (tertiary/aromatic N) is 2. The molecular weight excluding hydrogens is 280 g/mol. The summed E-state index contributed by atoms with van der Waals surface area (Å²) in [4.78, 5) is 25.6. The van der Waals surface area contributed by atoms with Crippen LogP contribution in [0.4, 0.5) is 5.69 Å². The van der Waals surface area contributed by atoms with Gasteiger partial charge in [-0.1, -0.05) is 11.8 Å². The molecular formula is C13H12N2O4S. The van der Waals surface area contributed by atoms with Gasteiger partial charge in [0.15, 0.2) is 0 Å². The fourth-order valence-corrected chi connectivity index (χ4v) is 2.46. The first-order chi connectivity index (χ1) is 9.29. The number of hydrogen-bond donors (Lipinski definition) is 1. The second-order valence-corrected chi connectivity index (χ2v) is 6.34. The van der Waals surface area contributed by atoms with E-state index in [1.165, 1.54) is 12.1 Å². The summed E-state index contributed by atoms with van der Waals surface area (Å²) in [6.07, 6.45) is 0. The Morgan fingerprint density at radius 1 is 1.35 bits per heavy atom. The predicted molar refractivity (Wildman–Crippen MR) is 76.0 cm³/mol. The first kappa shape index (κ1) is 14.3. The van der Waals surface area contributed by atoms with E-state index in [4.69, 9.17) is 5.11 Å². The summed E-state index contributed by atoms with van der Waals surface area (Å²) in [5.74, 6) is -0.923. The second-order valence-electron chi connectivity index (χ2n) is 4.70. The lowest BCUT2D eigenvalue weighted by Gasteiger charge is -2.17. The molecule has 0 bridgehead atoms. The smallest absolute Gasteiger partial charge is 0.319 e. The number of nitro benzene ring substituents is 1. The van der Waals surface area contributed by atoms with Crippen LogP contribution in [0.15, 0.2) is 35.4 Å². The molecule has 0 radical (unpaired) electrons. The number of rotatable bonds is 4. The number of non-ortho nitro benzene ring substituents is 1. The van der Waals surface area contributed by atoms with Crippen LogP contribution in [0.3, 0.4) is 0 Å². The fraction of sp³-hybridized carbons (Fsp3) is 0.231. The predicted octanol–water partition coefficient (Wildman–Crippen LogP) is 3.10. The van der Waals surface area contributed by atoms with Crippen molar-refractivity contribution in [2.24, 2.45) is 0 Å². The number of pyridine rings is 1. The van der Waals surface area contributed by atoms with E-state index in [2.05, 4.69) is 4.98 Å². The van der Waals surface area contributed by atoms with E-state index < -0.39 is 15.6 Å². The normalized spacial score (nSPS) is 11.5. The number of nitro groups is 1. The zero-order chi connectivity index (χ0) is 14.9. The van der Waals surface area contributed by atoms with Gasteiger partial charge in [0.25, 0.3) is 5.69 Å². The van der Waals surface area contributed by atoms with Crippen molar-refractivity contribution in [2.45, 2.75) is 23.6 Å². The van der Waals surface area contributed by atoms with Crippen molar-refractivity contribution < 1.29 is 14.8 Å². The Hall–Kier alpha value is -2.15. The van der Waals surface area contributed by atoms with E-state index in [1.807, 2.05) is 0 Å². The molecule has 1 heterocycles. The quantitative estimate of drug-likeness (QED) is 0.528. The summed E-state index contributed by atoms with van der Waals surface area (Å²) < 4.78 is -0.985. The van der Waals surface area contributed by atoms with Crippen LogP contribution < -0.4 is 0 Å². The summed E-state index contributed by atoms with van der Waals surface area (Å²) >= 11 is 1.13. The van der Waals surface area contributed by atoms with Gasteiger partial charge in [0, 0.05) is 17.5 Å². The SMILES string of the molecule is CC(C)(Sc1ccc2cc([N+](=O)[O-])ccc2n1)C(=O)O. The first-order valence-electron chi connectivity index (χ1n) is 5.77. The molecule has 6 nitrogen and oxygen atoms in total. The molecule has 0 aliphatic heterocycles. The first-order valence-corrected chi connectivity index (χ1v) is 6.59. The summed E-state index contributed by atoms with van der Waals surface area (Å²) in [6, 6.07) is 7.76. The van der Waals surface area contributed by atoms with Gasteiger partial charge in [0.05, 0.1) is 15.5 Å². The van der Waals surface area contributed by atoms with Crippen LogP contribution >= 0.6 is 11.8 Å². The number of carboxylic acid groups (broad SMARTS) is 1. The van der Waals surface area contributed by atoms with Crippen molar-refractivity contribution >= 4 is 34.3 Å². The third kappa shape index (κ3) is 2.88. The molecule has 0 amide bonds. The van der Waals surface area contributed by atoms with Gasteiger partial charge in [-0.15, -0.1) is 0 Å². The Balaban J connectivity index is 2.38. The fourth-order valence-electron chi connectivity index (χ4n) is 1.57. The lowest BCUT2D eigenvalue weighted by Crippen LogP contribution is -2.27. The highest BCUT2D eigenvalue weighted by molar-refractivity contribution is 8.01. The molecule has 0 aliphatic rings. The molecule has 1 aromatic carbocycles. The highest BCUT2D eigenvalue weighted by atomic mass is 32.2. The Morgan fingerprint density at radius 3 is 2.65 bits per heavy atom. The van der Waals surface area contributed by atoms with E-state index in [0.29, 0.717) is 15.9 Å². The number of hydrogen-bond acceptors (Lipinski definition) is 5. The van der Waals surface area contributed by atoms with Crippen LogP contribution in [-0.4, -0.2) is 25.7 Å². The highest BCUT2D eigenvalue weighted by Crippen LogP contribution is 2.32. The Kier molecular flexibility index (Phi) is 3.63. The topological polar surface area (TPSA) is 93.3 Å². The molecule has 7 heteroatoms. The lowest BCUT2D eigenvalue weighted by atomic mass is 10.2. The Bertz CT molecular complexity index is 700. The Labute approximate surface area is 119 Å². The van der Waals surface area contributed by atoms with Gasteiger partial charge in [-0.05, 0) is 32.0 Å². The van der Waals surface area contributed by atoms with Crippen LogP contribution in [0.5, 0.6) is 0 Å². The third-order valence-corrected chi connectivity index (χ3v) is 3.85. The van der Waals surface area contributed by atoms with Gasteiger partial charge in [-0.3, -0.25) is 14.9 Å². The molecule has 2 rings (SSSR count). The average molecular weight is 292 g/mol. The van der Waals surface area contributed by atoms with Gasteiger partial charge in [-0.25, -0.2) is 4.98 Å². The van der Waals surface area contributed by atoms with Gasteiger partial charge in [0.2, 0.25) is 0 Å². The molecule has 20 heavy (non-hydrogen) atoms. The molecule has 0 aliphatic carbocycles. The van der Waals surface area contributed by atoms with E-state index in [1.54, 1.807) is 32.0 Å². The van der Waals surface area contributed by atoms with Gasteiger partial charge >= 0.3 is 5.97 Å². The highest BCUT2D eigenvalue weighted by Gasteiger charge is 2.29. The second kappa shape index (κ2) is 5.09. The molecule has 0 saturated heterocycles. The number of thioether (sulfide) groups is 1. The van der Waals surface area contributed by atoms with Gasteiger partial charge < -0.3 is 5.11 Å². The maximum absolute atomic E-state index is 11.1. The number of fused-ring (bicyclic) bond motifs is 1. The Morgan fingerprint density at radius 2 is 2.05 bits per heavy atom. The van der Waals surface area contributed by atoms with Crippen LogP contribution in [0.2, 0.25) is 0 Å². The van der Waals surface area contributed by atoms with E-state index >= 15 is 0 Å². The average Bonchev–Trinajstić information content (AvgIpc) is 2.37. The van der Waals surface area contributed by atoms with Crippen LogP contribution in [0.1, 0.15) is 13.8 Å². The van der Waals surface area contributed by atoms with Crippen LogP contribution in [-0.2, 0) is 4.79 Å². The van der Waals surface area contributed by atoms with Crippen LogP contribution in [0.25, 0.3) is 10.9 Å². The monoisotopic (exact) mass is 292 g/mol. The zero-order valence-corrected chi connectivity index (χ0v) is 11.7. The van der Waals surface area contributed by atoms with Crippen molar-refractivity contribution in [3.05, 3.63) is 40.4 Å².